The fourth-order valence-corrected chi connectivity index (χ4v) is 1.79. The van der Waals surface area contributed by atoms with E-state index >= 15 is 0 Å². The highest BCUT2D eigenvalue weighted by Gasteiger charge is 2.18. The van der Waals surface area contributed by atoms with Crippen LogP contribution in [0.15, 0.2) is 0 Å². The van der Waals surface area contributed by atoms with Crippen molar-refractivity contribution in [1.29, 1.82) is 0 Å². The molecule has 1 aromatic rings. The maximum absolute atomic E-state index is 11.7. The van der Waals surface area contributed by atoms with Crippen molar-refractivity contribution in [2.45, 2.75) is 6.42 Å². The molecule has 0 unspecified atom stereocenters. The Balaban J connectivity index is 2.64. The molecule has 9 nitrogen and oxygen atoms in total. The Hall–Kier alpha value is -1.26. The van der Waals surface area contributed by atoms with E-state index in [1.807, 2.05) is 0 Å². The molecule has 1 rings (SSSR count). The number of rotatable bonds is 6. The lowest BCUT2D eigenvalue weighted by atomic mass is 10.4. The van der Waals surface area contributed by atoms with Gasteiger partial charge < -0.3 is 5.73 Å². The molecule has 0 saturated carbocycles. The smallest absolute Gasteiger partial charge is 0.303 e. The molecule has 0 bridgehead atoms. The summed E-state index contributed by atoms with van der Waals surface area (Å²) in [6.07, 6.45) is 0.589. The lowest BCUT2D eigenvalue weighted by molar-refractivity contribution is 0.468. The molecule has 1 aromatic heterocycles. The summed E-state index contributed by atoms with van der Waals surface area (Å²) in [4.78, 5) is 1.16. The maximum Gasteiger partial charge on any atom is 0.303 e. The topological polar surface area (TPSA) is 119 Å². The van der Waals surface area contributed by atoms with Crippen LogP contribution in [0, 0.1) is 0 Å². The Kier molecular flexibility index (Phi) is 4.15. The van der Waals surface area contributed by atoms with Gasteiger partial charge in [0.05, 0.1) is 7.05 Å². The number of aryl methyl sites for hydroxylation is 1. The third-order valence-electron chi connectivity index (χ3n) is 1.82. The van der Waals surface area contributed by atoms with Crippen LogP contribution >= 0.6 is 0 Å². The predicted octanol–water partition coefficient (Wildman–Crippen LogP) is -1.85. The first-order valence-corrected chi connectivity index (χ1v) is 6.08. The molecule has 0 spiro atoms. The summed E-state index contributed by atoms with van der Waals surface area (Å²) in [5.74, 6) is -0.0536. The van der Waals surface area contributed by atoms with Gasteiger partial charge in [0.25, 0.3) is 5.95 Å². The highest BCUT2D eigenvalue weighted by molar-refractivity contribution is 7.90. The molecule has 0 aliphatic heterocycles. The summed E-state index contributed by atoms with van der Waals surface area (Å²) < 4.78 is 26.7. The normalized spacial score (nSPS) is 12.0. The van der Waals surface area contributed by atoms with Crippen LogP contribution in [-0.4, -0.2) is 53.1 Å². The summed E-state index contributed by atoms with van der Waals surface area (Å²) in [6.45, 7) is 0.773. The quantitative estimate of drug-likeness (QED) is 0.610. The zero-order valence-corrected chi connectivity index (χ0v) is 9.98. The van der Waals surface area contributed by atoms with Crippen molar-refractivity contribution in [3.63, 3.8) is 0 Å². The van der Waals surface area contributed by atoms with Crippen LogP contribution in [0.2, 0.25) is 0 Å². The molecule has 0 aromatic carbocycles. The standard InChI is InChI=1S/C6H15N7O2S/c1-12(5-3-4-7)16(14,15)10-6-8-11-13(2)9-6/h3-5,7H2,1-2H3,(H,9,10). The average molecular weight is 249 g/mol. The van der Waals surface area contributed by atoms with Crippen LogP contribution in [0.5, 0.6) is 0 Å². The molecule has 0 amide bonds. The molecule has 0 saturated heterocycles. The Morgan fingerprint density at radius 2 is 2.25 bits per heavy atom. The lowest BCUT2D eigenvalue weighted by Crippen LogP contribution is -2.34. The minimum absolute atomic E-state index is 0.0536. The molecule has 16 heavy (non-hydrogen) atoms. The van der Waals surface area contributed by atoms with E-state index in [2.05, 4.69) is 20.1 Å². The second-order valence-electron chi connectivity index (χ2n) is 3.17. The summed E-state index contributed by atoms with van der Waals surface area (Å²) in [6, 6.07) is 0. The first-order chi connectivity index (χ1) is 7.45. The summed E-state index contributed by atoms with van der Waals surface area (Å²) in [7, 11) is -0.625. The van der Waals surface area contributed by atoms with Gasteiger partial charge in [-0.15, -0.1) is 5.10 Å². The number of nitrogens with two attached hydrogens (primary N) is 1. The summed E-state index contributed by atoms with van der Waals surface area (Å²) in [5, 5.41) is 10.7. The molecule has 0 radical (unpaired) electrons. The fourth-order valence-electron chi connectivity index (χ4n) is 0.952. The largest absolute Gasteiger partial charge is 0.330 e. The molecule has 0 aliphatic rings. The summed E-state index contributed by atoms with van der Waals surface area (Å²) >= 11 is 0. The molecule has 3 N–H and O–H groups in total. The molecule has 1 heterocycles. The highest BCUT2D eigenvalue weighted by atomic mass is 32.2. The summed E-state index contributed by atoms with van der Waals surface area (Å²) in [5.41, 5.74) is 5.30. The molecular formula is C6H15N7O2S. The van der Waals surface area contributed by atoms with Crippen molar-refractivity contribution in [1.82, 2.24) is 24.5 Å². The average Bonchev–Trinajstić information content (AvgIpc) is 2.59. The minimum Gasteiger partial charge on any atom is -0.330 e. The number of hydrogen-bond acceptors (Lipinski definition) is 6. The number of anilines is 1. The number of nitrogens with zero attached hydrogens (tertiary/aromatic N) is 5. The van der Waals surface area contributed by atoms with Gasteiger partial charge in [-0.25, -0.2) is 4.72 Å². The monoisotopic (exact) mass is 249 g/mol. The number of aromatic nitrogens is 4. The zero-order chi connectivity index (χ0) is 12.2. The van der Waals surface area contributed by atoms with E-state index in [1.165, 1.54) is 7.05 Å². The first kappa shape index (κ1) is 12.8. The van der Waals surface area contributed by atoms with Gasteiger partial charge >= 0.3 is 10.2 Å². The first-order valence-electron chi connectivity index (χ1n) is 4.64. The third-order valence-corrected chi connectivity index (χ3v) is 3.26. The van der Waals surface area contributed by atoms with Gasteiger partial charge in [-0.1, -0.05) is 5.10 Å². The number of hydrogen-bond donors (Lipinski definition) is 2. The molecule has 0 atom stereocenters. The van der Waals surface area contributed by atoms with Crippen molar-refractivity contribution in [3.8, 4) is 0 Å². The van der Waals surface area contributed by atoms with Crippen molar-refractivity contribution in [3.05, 3.63) is 0 Å². The van der Waals surface area contributed by atoms with Gasteiger partial charge in [0, 0.05) is 13.6 Å². The van der Waals surface area contributed by atoms with Crippen molar-refractivity contribution in [2.75, 3.05) is 24.9 Å². The third kappa shape index (κ3) is 3.40. The second-order valence-corrected chi connectivity index (χ2v) is 4.95. The van der Waals surface area contributed by atoms with Gasteiger partial charge in [-0.05, 0) is 18.2 Å². The lowest BCUT2D eigenvalue weighted by Gasteiger charge is -2.15. The second kappa shape index (κ2) is 5.18. The van der Waals surface area contributed by atoms with Gasteiger partial charge in [-0.3, -0.25) is 0 Å². The van der Waals surface area contributed by atoms with E-state index < -0.39 is 10.2 Å². The van der Waals surface area contributed by atoms with Crippen LogP contribution in [0.4, 0.5) is 5.95 Å². The molecular weight excluding hydrogens is 234 g/mol. The van der Waals surface area contributed by atoms with Crippen molar-refractivity contribution < 1.29 is 8.42 Å². The van der Waals surface area contributed by atoms with Gasteiger partial charge in [0.2, 0.25) is 0 Å². The SMILES string of the molecule is CN(CCCN)S(=O)(=O)Nc1nnn(C)n1. The van der Waals surface area contributed by atoms with Crippen LogP contribution in [0.1, 0.15) is 6.42 Å². The Bertz CT molecular complexity index is 428. The predicted molar refractivity (Wildman–Crippen MR) is 57.6 cm³/mol. The Labute approximate surface area is 93.8 Å². The van der Waals surface area contributed by atoms with Crippen LogP contribution < -0.4 is 10.5 Å². The van der Waals surface area contributed by atoms with Gasteiger partial charge in [0.1, 0.15) is 0 Å². The molecule has 10 heteroatoms. The minimum atomic E-state index is -3.62. The van der Waals surface area contributed by atoms with Crippen LogP contribution in [-0.2, 0) is 17.3 Å². The number of tetrazole rings is 1. The Morgan fingerprint density at radius 3 is 2.75 bits per heavy atom. The van der Waals surface area contributed by atoms with Crippen LogP contribution in [0.3, 0.4) is 0 Å². The fraction of sp³-hybridized carbons (Fsp3) is 0.833. The molecule has 0 aliphatic carbocycles. The van der Waals surface area contributed by atoms with E-state index in [-0.39, 0.29) is 5.95 Å². The highest BCUT2D eigenvalue weighted by Crippen LogP contribution is 2.02. The Morgan fingerprint density at radius 1 is 1.56 bits per heavy atom. The van der Waals surface area contributed by atoms with Crippen molar-refractivity contribution >= 4 is 16.2 Å². The zero-order valence-electron chi connectivity index (χ0n) is 9.16. The van der Waals surface area contributed by atoms with E-state index in [0.717, 1.165) is 9.10 Å². The van der Waals surface area contributed by atoms with E-state index in [4.69, 9.17) is 5.73 Å². The molecule has 92 valence electrons. The molecule has 0 fully saturated rings. The van der Waals surface area contributed by atoms with Crippen LogP contribution in [0.25, 0.3) is 0 Å². The van der Waals surface area contributed by atoms with Gasteiger partial charge in [-0.2, -0.15) is 17.5 Å². The van der Waals surface area contributed by atoms with Gasteiger partial charge in [0.15, 0.2) is 0 Å². The van der Waals surface area contributed by atoms with E-state index in [9.17, 15) is 8.42 Å². The maximum atomic E-state index is 11.7. The van der Waals surface area contributed by atoms with Crippen molar-refractivity contribution in [2.24, 2.45) is 12.8 Å². The number of nitrogens with one attached hydrogen (secondary N) is 1. The van der Waals surface area contributed by atoms with E-state index in [1.54, 1.807) is 7.05 Å². The van der Waals surface area contributed by atoms with E-state index in [0.29, 0.717) is 19.5 Å².